The molecule has 252 valence electrons. The lowest BCUT2D eigenvalue weighted by Gasteiger charge is -2.36. The molecule has 2 aliphatic rings. The minimum absolute atomic E-state index is 0.415. The van der Waals surface area contributed by atoms with Gasteiger partial charge in [0.05, 0.1) is 5.56 Å². The number of ether oxygens (including phenoxy) is 1. The maximum Gasteiger partial charge on any atom is 0.416 e. The molecule has 1 aliphatic heterocycles. The molecule has 1 saturated heterocycles. The van der Waals surface area contributed by atoms with Gasteiger partial charge in [-0.05, 0) is 72.3 Å². The molecule has 4 aromatic carbocycles. The van der Waals surface area contributed by atoms with Gasteiger partial charge >= 0.3 is 18.4 Å². The third-order valence-electron chi connectivity index (χ3n) is 9.10. The fraction of sp³-hybridized carbons (Fsp3) is 0.324. The molecule has 0 aromatic heterocycles. The van der Waals surface area contributed by atoms with Crippen molar-refractivity contribution < 1.29 is 35.9 Å². The van der Waals surface area contributed by atoms with Crippen LogP contribution in [0.1, 0.15) is 36.0 Å². The van der Waals surface area contributed by atoms with Crippen LogP contribution in [0, 0.1) is 0 Å². The van der Waals surface area contributed by atoms with Crippen molar-refractivity contribution in [3.63, 3.8) is 0 Å². The molecule has 0 bridgehead atoms. The lowest BCUT2D eigenvalue weighted by Crippen LogP contribution is -2.46. The van der Waals surface area contributed by atoms with E-state index < -0.39 is 36.2 Å². The van der Waals surface area contributed by atoms with E-state index in [1.165, 1.54) is 6.07 Å². The summed E-state index contributed by atoms with van der Waals surface area (Å²) in [6, 6.07) is 28.0. The molecule has 1 heterocycles. The van der Waals surface area contributed by atoms with Gasteiger partial charge in [0.25, 0.3) is 0 Å². The number of nitrogens with zero attached hydrogens (tertiary/aromatic N) is 2. The quantitative estimate of drug-likeness (QED) is 0.143. The molecular formula is C37H35F6N3O2. The number of carbonyl (C=O) groups is 1. The molecule has 1 N–H and O–H groups in total. The van der Waals surface area contributed by atoms with Crippen LogP contribution >= 0.6 is 0 Å². The average Bonchev–Trinajstić information content (AvgIpc) is 3.35. The SMILES string of the molecule is O=C(NCC(F)(F)F)OC1(CCCCN2CCN(c3ccc(-c4cccc(C(F)(F)F)c4)cc3)CC2)c2ccccc2-c2ccccc21. The second-order valence-corrected chi connectivity index (χ2v) is 12.2. The number of fused-ring (bicyclic) bond motifs is 3. The van der Waals surface area contributed by atoms with Gasteiger partial charge in [0.15, 0.2) is 5.60 Å². The lowest BCUT2D eigenvalue weighted by atomic mass is 9.86. The van der Waals surface area contributed by atoms with Crippen molar-refractivity contribution in [2.75, 3.05) is 44.2 Å². The van der Waals surface area contributed by atoms with Crippen LogP contribution in [-0.4, -0.2) is 56.4 Å². The first kappa shape index (κ1) is 33.4. The number of halogens is 6. The fourth-order valence-electron chi connectivity index (χ4n) is 6.76. The van der Waals surface area contributed by atoms with Crippen LogP contribution in [-0.2, 0) is 16.5 Å². The number of benzene rings is 4. The van der Waals surface area contributed by atoms with Gasteiger partial charge in [0.1, 0.15) is 6.54 Å². The van der Waals surface area contributed by atoms with E-state index in [4.69, 9.17) is 4.74 Å². The Morgan fingerprint density at radius 1 is 0.729 bits per heavy atom. The van der Waals surface area contributed by atoms with E-state index in [0.29, 0.717) is 18.4 Å². The summed E-state index contributed by atoms with van der Waals surface area (Å²) in [5, 5.41) is 1.87. The smallest absolute Gasteiger partial charge is 0.416 e. The van der Waals surface area contributed by atoms with E-state index in [1.807, 2.05) is 78.1 Å². The predicted molar refractivity (Wildman–Crippen MR) is 173 cm³/mol. The molecule has 11 heteroatoms. The Balaban J connectivity index is 1.06. The Labute approximate surface area is 275 Å². The number of hydrogen-bond acceptors (Lipinski definition) is 4. The van der Waals surface area contributed by atoms with Crippen LogP contribution < -0.4 is 10.2 Å². The van der Waals surface area contributed by atoms with E-state index in [-0.39, 0.29) is 0 Å². The van der Waals surface area contributed by atoms with Crippen LogP contribution in [0.25, 0.3) is 22.3 Å². The first-order valence-electron chi connectivity index (χ1n) is 15.9. The second kappa shape index (κ2) is 13.5. The zero-order valence-electron chi connectivity index (χ0n) is 26.1. The van der Waals surface area contributed by atoms with E-state index in [9.17, 15) is 31.1 Å². The summed E-state index contributed by atoms with van der Waals surface area (Å²) >= 11 is 0. The summed E-state index contributed by atoms with van der Waals surface area (Å²) in [4.78, 5) is 17.4. The molecule has 0 atom stereocenters. The van der Waals surface area contributed by atoms with Gasteiger partial charge in [-0.3, -0.25) is 4.90 Å². The monoisotopic (exact) mass is 667 g/mol. The van der Waals surface area contributed by atoms with Gasteiger partial charge in [0.2, 0.25) is 0 Å². The number of unbranched alkanes of at least 4 members (excludes halogenated alkanes) is 1. The first-order chi connectivity index (χ1) is 22.9. The van der Waals surface area contributed by atoms with Gasteiger partial charge < -0.3 is 15.0 Å². The number of hydrogen-bond donors (Lipinski definition) is 1. The Morgan fingerprint density at radius 3 is 1.96 bits per heavy atom. The highest BCUT2D eigenvalue weighted by Gasteiger charge is 2.46. The third kappa shape index (κ3) is 7.31. The van der Waals surface area contributed by atoms with Crippen LogP contribution in [0.4, 0.5) is 36.8 Å². The van der Waals surface area contributed by atoms with Crippen molar-refractivity contribution in [2.45, 2.75) is 37.2 Å². The van der Waals surface area contributed by atoms with E-state index in [2.05, 4.69) is 9.80 Å². The fourth-order valence-corrected chi connectivity index (χ4v) is 6.76. The molecule has 0 radical (unpaired) electrons. The molecule has 0 unspecified atom stereocenters. The van der Waals surface area contributed by atoms with Gasteiger partial charge in [-0.25, -0.2) is 4.79 Å². The maximum absolute atomic E-state index is 13.2. The van der Waals surface area contributed by atoms with Gasteiger partial charge in [-0.15, -0.1) is 0 Å². The highest BCUT2D eigenvalue weighted by atomic mass is 19.4. The normalized spacial score (nSPS) is 15.9. The molecule has 1 amide bonds. The summed E-state index contributed by atoms with van der Waals surface area (Å²) in [5.74, 6) is 0. The van der Waals surface area contributed by atoms with Gasteiger partial charge in [-0.1, -0.05) is 72.8 Å². The van der Waals surface area contributed by atoms with E-state index in [0.717, 1.165) is 84.8 Å². The molecule has 48 heavy (non-hydrogen) atoms. The lowest BCUT2D eigenvalue weighted by molar-refractivity contribution is -0.137. The summed E-state index contributed by atoms with van der Waals surface area (Å²) in [7, 11) is 0. The van der Waals surface area contributed by atoms with Gasteiger partial charge in [0, 0.05) is 43.0 Å². The molecular weight excluding hydrogens is 632 g/mol. The maximum atomic E-state index is 13.2. The molecule has 0 saturated carbocycles. The Morgan fingerprint density at radius 2 is 1.35 bits per heavy atom. The summed E-state index contributed by atoms with van der Waals surface area (Å²) in [5.41, 5.74) is 3.69. The van der Waals surface area contributed by atoms with Crippen LogP contribution in [0.2, 0.25) is 0 Å². The zero-order valence-corrected chi connectivity index (χ0v) is 26.1. The van der Waals surface area contributed by atoms with Crippen molar-refractivity contribution in [2.24, 2.45) is 0 Å². The molecule has 0 spiro atoms. The number of piperazine rings is 1. The van der Waals surface area contributed by atoms with Crippen LogP contribution in [0.15, 0.2) is 97.1 Å². The predicted octanol–water partition coefficient (Wildman–Crippen LogP) is 8.88. The zero-order chi connectivity index (χ0) is 33.9. The Kier molecular flexibility index (Phi) is 9.42. The third-order valence-corrected chi connectivity index (χ3v) is 9.10. The number of rotatable bonds is 9. The second-order valence-electron chi connectivity index (χ2n) is 12.2. The minimum atomic E-state index is -4.56. The largest absolute Gasteiger partial charge is 0.433 e. The highest BCUT2D eigenvalue weighted by Crippen LogP contribution is 2.52. The molecule has 1 aliphatic carbocycles. The number of alkyl carbamates (subject to hydrolysis) is 1. The number of nitrogens with one attached hydrogen (secondary N) is 1. The number of alkyl halides is 6. The topological polar surface area (TPSA) is 44.8 Å². The summed E-state index contributed by atoms with van der Waals surface area (Å²) in [6.07, 6.45) is -8.18. The van der Waals surface area contributed by atoms with E-state index >= 15 is 0 Å². The molecule has 1 fully saturated rings. The molecule has 4 aromatic rings. The van der Waals surface area contributed by atoms with Crippen molar-refractivity contribution in [3.05, 3.63) is 114 Å². The number of amides is 1. The van der Waals surface area contributed by atoms with Crippen molar-refractivity contribution in [1.82, 2.24) is 10.2 Å². The number of carbonyl (C=O) groups excluding carboxylic acids is 1. The number of anilines is 1. The summed E-state index contributed by atoms with van der Waals surface area (Å²) < 4.78 is 84.0. The first-order valence-corrected chi connectivity index (χ1v) is 15.9. The summed E-state index contributed by atoms with van der Waals surface area (Å²) in [6.45, 7) is 2.55. The van der Waals surface area contributed by atoms with Crippen molar-refractivity contribution >= 4 is 11.8 Å². The average molecular weight is 668 g/mol. The van der Waals surface area contributed by atoms with E-state index in [1.54, 1.807) is 6.07 Å². The minimum Gasteiger partial charge on any atom is -0.433 e. The highest BCUT2D eigenvalue weighted by molar-refractivity contribution is 5.82. The van der Waals surface area contributed by atoms with Gasteiger partial charge in [-0.2, -0.15) is 26.3 Å². The Bertz CT molecular complexity index is 1680. The van der Waals surface area contributed by atoms with Crippen molar-refractivity contribution in [1.29, 1.82) is 0 Å². The van der Waals surface area contributed by atoms with Crippen molar-refractivity contribution in [3.8, 4) is 22.3 Å². The van der Waals surface area contributed by atoms with Crippen LogP contribution in [0.5, 0.6) is 0 Å². The molecule has 5 nitrogen and oxygen atoms in total. The van der Waals surface area contributed by atoms with Crippen LogP contribution in [0.3, 0.4) is 0 Å². The standard InChI is InChI=1S/C37H35F6N3O2/c38-36(39,40)25-44-34(47)48-35(32-12-3-1-10-30(32)31-11-2-4-13-33(31)35)18-5-6-19-45-20-22-46(23-21-45)29-16-14-26(15-17-29)27-8-7-9-28(24-27)37(41,42)43/h1-4,7-17,24H,5-6,18-23,25H2,(H,44,47). The Hall–Kier alpha value is -4.51. The molecule has 6 rings (SSSR count).